The van der Waals surface area contributed by atoms with E-state index in [0.717, 1.165) is 20.2 Å². The first-order valence-electron chi connectivity index (χ1n) is 5.83. The number of halogens is 8. The van der Waals surface area contributed by atoms with Crippen molar-refractivity contribution in [1.29, 1.82) is 0 Å². The Hall–Kier alpha value is -1.16. The molecule has 11 heteroatoms. The minimum Gasteiger partial charge on any atom is -0.359 e. The van der Waals surface area contributed by atoms with Gasteiger partial charge in [0, 0.05) is 19.0 Å². The highest BCUT2D eigenvalue weighted by Crippen LogP contribution is 2.36. The van der Waals surface area contributed by atoms with Crippen LogP contribution in [0.1, 0.15) is 0 Å². The quantitative estimate of drug-likeness (QED) is 0.305. The largest absolute Gasteiger partial charge is 0.449 e. The molecule has 0 amide bonds. The monoisotopic (exact) mass is 382 g/mol. The van der Waals surface area contributed by atoms with Crippen molar-refractivity contribution in [3.8, 4) is 0 Å². The molecule has 0 heterocycles. The molecule has 0 aliphatic rings. The summed E-state index contributed by atoms with van der Waals surface area (Å²) in [5.74, 6) is -3.78. The second-order valence-corrected chi connectivity index (χ2v) is 5.89. The predicted octanol–water partition coefficient (Wildman–Crippen LogP) is 5.29. The summed E-state index contributed by atoms with van der Waals surface area (Å²) in [5, 5.41) is -0.442. The maximum absolute atomic E-state index is 13.6. The fourth-order valence-corrected chi connectivity index (χ4v) is 2.31. The zero-order chi connectivity index (χ0) is 18.0. The van der Waals surface area contributed by atoms with Crippen molar-refractivity contribution in [2.24, 2.45) is 4.99 Å². The second-order valence-electron chi connectivity index (χ2n) is 4.47. The third-order valence-corrected chi connectivity index (χ3v) is 3.69. The Balaban J connectivity index is 3.26. The first-order valence-corrected chi connectivity index (χ1v) is 7.19. The van der Waals surface area contributed by atoms with Crippen LogP contribution in [0, 0.1) is 5.82 Å². The number of rotatable bonds is 3. The highest BCUT2D eigenvalue weighted by molar-refractivity contribution is 7.99. The number of hydrogen-bond donors (Lipinski definition) is 0. The van der Waals surface area contributed by atoms with E-state index >= 15 is 0 Å². The number of nitrogens with zero attached hydrogens (tertiary/aromatic N) is 2. The molecular weight excluding hydrogens is 373 g/mol. The van der Waals surface area contributed by atoms with Crippen molar-refractivity contribution in [1.82, 2.24) is 4.90 Å². The van der Waals surface area contributed by atoms with Crippen LogP contribution in [0.15, 0.2) is 22.0 Å². The van der Waals surface area contributed by atoms with Crippen LogP contribution in [0.4, 0.5) is 36.4 Å². The molecule has 0 saturated heterocycles. The van der Waals surface area contributed by atoms with Crippen LogP contribution >= 0.6 is 23.4 Å². The van der Waals surface area contributed by atoms with E-state index in [0.29, 0.717) is 11.0 Å². The van der Waals surface area contributed by atoms with Crippen molar-refractivity contribution in [2.75, 3.05) is 19.8 Å². The number of amidine groups is 1. The average Bonchev–Trinajstić information content (AvgIpc) is 2.33. The average molecular weight is 383 g/mol. The van der Waals surface area contributed by atoms with Crippen LogP contribution in [0.25, 0.3) is 0 Å². The number of thioether (sulfide) groups is 1. The molecule has 0 aliphatic carbocycles. The van der Waals surface area contributed by atoms with Crippen LogP contribution in [-0.2, 0) is 0 Å². The van der Waals surface area contributed by atoms with E-state index < -0.39 is 45.4 Å². The summed E-state index contributed by atoms with van der Waals surface area (Å²) in [6.07, 6.45) is -9.36. The van der Waals surface area contributed by atoms with Crippen LogP contribution in [-0.4, -0.2) is 42.9 Å². The molecule has 23 heavy (non-hydrogen) atoms. The van der Waals surface area contributed by atoms with Gasteiger partial charge in [0.25, 0.3) is 0 Å². The summed E-state index contributed by atoms with van der Waals surface area (Å²) in [6, 6.07) is 1.38. The van der Waals surface area contributed by atoms with Gasteiger partial charge in [0.05, 0.1) is 16.5 Å². The summed E-state index contributed by atoms with van der Waals surface area (Å²) in [4.78, 5) is 3.47. The molecule has 1 rings (SSSR count). The normalized spacial score (nSPS) is 13.4. The van der Waals surface area contributed by atoms with E-state index in [1.807, 2.05) is 0 Å². The highest BCUT2D eigenvalue weighted by atomic mass is 35.5. The van der Waals surface area contributed by atoms with Crippen molar-refractivity contribution >= 4 is 34.9 Å². The van der Waals surface area contributed by atoms with E-state index in [2.05, 4.69) is 4.99 Å². The molecule has 0 fully saturated rings. The van der Waals surface area contributed by atoms with E-state index in [1.54, 1.807) is 0 Å². The van der Waals surface area contributed by atoms with Crippen molar-refractivity contribution < 1.29 is 30.7 Å². The summed E-state index contributed by atoms with van der Waals surface area (Å²) in [7, 11) is 2.17. The Morgan fingerprint density at radius 3 is 2.17 bits per heavy atom. The maximum atomic E-state index is 13.6. The molecule has 0 spiro atoms. The van der Waals surface area contributed by atoms with Crippen molar-refractivity contribution in [3.63, 3.8) is 0 Å². The molecule has 0 aliphatic heterocycles. The molecule has 0 aromatic heterocycles. The Bertz CT molecular complexity index is 596. The molecule has 0 N–H and O–H groups in total. The number of alkyl halides is 6. The van der Waals surface area contributed by atoms with Gasteiger partial charge in [-0.1, -0.05) is 11.6 Å². The van der Waals surface area contributed by atoms with Crippen molar-refractivity contribution in [3.05, 3.63) is 23.0 Å². The van der Waals surface area contributed by atoms with Crippen LogP contribution < -0.4 is 0 Å². The SMILES string of the molecule is CN(C)/C(=N/c1cc(SCC(F)(F)F)c(F)cc1Cl)C(F)(F)F. The Labute approximate surface area is 136 Å². The molecule has 0 atom stereocenters. The molecule has 0 radical (unpaired) electrons. The van der Waals surface area contributed by atoms with E-state index in [-0.39, 0.29) is 11.8 Å². The third-order valence-electron chi connectivity index (χ3n) is 2.30. The molecular formula is C12H10ClF7N2S. The topological polar surface area (TPSA) is 15.6 Å². The third kappa shape index (κ3) is 6.09. The van der Waals surface area contributed by atoms with Gasteiger partial charge in [-0.2, -0.15) is 26.3 Å². The summed E-state index contributed by atoms with van der Waals surface area (Å²) < 4.78 is 88.6. The number of aliphatic imine (C=N–C) groups is 1. The lowest BCUT2D eigenvalue weighted by Crippen LogP contribution is -2.35. The maximum Gasteiger partial charge on any atom is 0.449 e. The van der Waals surface area contributed by atoms with Gasteiger partial charge in [0.2, 0.25) is 5.84 Å². The van der Waals surface area contributed by atoms with Crippen LogP contribution in [0.3, 0.4) is 0 Å². The lowest BCUT2D eigenvalue weighted by molar-refractivity contribution is -0.105. The lowest BCUT2D eigenvalue weighted by atomic mass is 10.3. The zero-order valence-corrected chi connectivity index (χ0v) is 13.3. The minimum atomic E-state index is -4.81. The van der Waals surface area contributed by atoms with E-state index in [1.165, 1.54) is 0 Å². The zero-order valence-electron chi connectivity index (χ0n) is 11.7. The fraction of sp³-hybridized carbons (Fsp3) is 0.417. The molecule has 1 aromatic rings. The summed E-state index contributed by atoms with van der Waals surface area (Å²) in [6.45, 7) is 0. The van der Waals surface area contributed by atoms with Crippen molar-refractivity contribution in [2.45, 2.75) is 17.2 Å². The van der Waals surface area contributed by atoms with Gasteiger partial charge in [-0.05, 0) is 12.1 Å². The Morgan fingerprint density at radius 2 is 1.74 bits per heavy atom. The summed E-state index contributed by atoms with van der Waals surface area (Å²) in [5.41, 5.74) is -0.473. The first-order chi connectivity index (χ1) is 10.3. The number of hydrogen-bond acceptors (Lipinski definition) is 2. The number of benzene rings is 1. The molecule has 2 nitrogen and oxygen atoms in total. The van der Waals surface area contributed by atoms with Gasteiger partial charge >= 0.3 is 12.4 Å². The highest BCUT2D eigenvalue weighted by Gasteiger charge is 2.38. The van der Waals surface area contributed by atoms with Gasteiger partial charge in [0.1, 0.15) is 5.82 Å². The van der Waals surface area contributed by atoms with Gasteiger partial charge in [-0.15, -0.1) is 11.8 Å². The Kier molecular flexibility index (Phi) is 6.19. The van der Waals surface area contributed by atoms with E-state index in [4.69, 9.17) is 11.6 Å². The van der Waals surface area contributed by atoms with Crippen LogP contribution in [0.5, 0.6) is 0 Å². The first kappa shape index (κ1) is 19.9. The second kappa shape index (κ2) is 7.16. The Morgan fingerprint density at radius 1 is 1.17 bits per heavy atom. The predicted molar refractivity (Wildman–Crippen MR) is 75.0 cm³/mol. The van der Waals surface area contributed by atoms with Gasteiger partial charge in [-0.25, -0.2) is 9.38 Å². The molecule has 1 aromatic carbocycles. The smallest absolute Gasteiger partial charge is 0.359 e. The lowest BCUT2D eigenvalue weighted by Gasteiger charge is -2.18. The molecule has 130 valence electrons. The molecule has 0 unspecified atom stereocenters. The van der Waals surface area contributed by atoms with Crippen LogP contribution in [0.2, 0.25) is 5.02 Å². The summed E-state index contributed by atoms with van der Waals surface area (Å²) >= 11 is 5.72. The van der Waals surface area contributed by atoms with Gasteiger partial charge in [-0.3, -0.25) is 0 Å². The molecule has 0 saturated carbocycles. The van der Waals surface area contributed by atoms with Gasteiger partial charge < -0.3 is 4.90 Å². The van der Waals surface area contributed by atoms with E-state index in [9.17, 15) is 30.7 Å². The minimum absolute atomic E-state index is 0.0971. The van der Waals surface area contributed by atoms with Gasteiger partial charge in [0.15, 0.2) is 0 Å². The fourth-order valence-electron chi connectivity index (χ4n) is 1.41. The molecule has 0 bridgehead atoms. The standard InChI is InChI=1S/C12H10ClF7N2S/c1-22(2)10(12(18,19)20)21-8-4-9(7(14)3-6(8)13)23-5-11(15,16)17/h3-4H,5H2,1-2H3/b21-10+.